The van der Waals surface area contributed by atoms with Gasteiger partial charge >= 0.3 is 0 Å². The van der Waals surface area contributed by atoms with Crippen molar-refractivity contribution >= 4 is 34.6 Å². The standard InChI is InChI=1S/C17H27N3OS2/c1-3-5-7-12(4-2)11-18-17(22)20-19-16(21)15-10-13-8-6-9-14(13)23-15/h10,12H,3-9,11H2,1-2H3,(H,19,21)(H2,18,20,22)/t12-/m0/s1. The van der Waals surface area contributed by atoms with Crippen LogP contribution in [0.3, 0.4) is 0 Å². The Labute approximate surface area is 148 Å². The number of unbranched alkanes of at least 4 members (excludes halogenated alkanes) is 1. The van der Waals surface area contributed by atoms with Crippen molar-refractivity contribution in [2.24, 2.45) is 5.92 Å². The molecular weight excluding hydrogens is 326 g/mol. The first kappa shape index (κ1) is 18.2. The first-order valence-electron chi connectivity index (χ1n) is 8.59. The van der Waals surface area contributed by atoms with Crippen LogP contribution < -0.4 is 16.2 Å². The number of hydrogen-bond acceptors (Lipinski definition) is 3. The molecule has 1 aromatic rings. The summed E-state index contributed by atoms with van der Waals surface area (Å²) in [5, 5.41) is 3.68. The number of nitrogens with one attached hydrogen (secondary N) is 3. The van der Waals surface area contributed by atoms with Crippen molar-refractivity contribution in [2.75, 3.05) is 6.54 Å². The maximum Gasteiger partial charge on any atom is 0.279 e. The predicted octanol–water partition coefficient (Wildman–Crippen LogP) is 3.56. The number of hydrogen-bond donors (Lipinski definition) is 3. The van der Waals surface area contributed by atoms with Crippen molar-refractivity contribution in [3.63, 3.8) is 0 Å². The Kier molecular flexibility index (Phi) is 7.30. The maximum atomic E-state index is 12.1. The molecule has 0 radical (unpaired) electrons. The lowest BCUT2D eigenvalue weighted by Gasteiger charge is -2.17. The molecule has 2 rings (SSSR count). The number of amides is 1. The number of carbonyl (C=O) groups excluding carboxylic acids is 1. The van der Waals surface area contributed by atoms with Gasteiger partial charge in [-0.2, -0.15) is 0 Å². The van der Waals surface area contributed by atoms with Crippen molar-refractivity contribution in [3.05, 3.63) is 21.4 Å². The van der Waals surface area contributed by atoms with Gasteiger partial charge in [0, 0.05) is 11.4 Å². The van der Waals surface area contributed by atoms with Crippen LogP contribution in [-0.4, -0.2) is 17.6 Å². The van der Waals surface area contributed by atoms with E-state index in [2.05, 4.69) is 30.0 Å². The molecule has 0 saturated heterocycles. The van der Waals surface area contributed by atoms with E-state index in [4.69, 9.17) is 12.2 Å². The Morgan fingerprint density at radius 3 is 2.87 bits per heavy atom. The Bertz CT molecular complexity index is 520. The lowest BCUT2D eigenvalue weighted by Crippen LogP contribution is -2.47. The summed E-state index contributed by atoms with van der Waals surface area (Å²) in [5.41, 5.74) is 6.83. The van der Waals surface area contributed by atoms with Gasteiger partial charge in [0.25, 0.3) is 5.91 Å². The largest absolute Gasteiger partial charge is 0.361 e. The molecule has 0 bridgehead atoms. The van der Waals surface area contributed by atoms with Gasteiger partial charge in [-0.3, -0.25) is 15.6 Å². The molecule has 1 aliphatic carbocycles. The van der Waals surface area contributed by atoms with Crippen molar-refractivity contribution in [1.29, 1.82) is 0 Å². The summed E-state index contributed by atoms with van der Waals surface area (Å²) < 4.78 is 0. The van der Waals surface area contributed by atoms with Crippen LogP contribution in [0.4, 0.5) is 0 Å². The third-order valence-corrected chi connectivity index (χ3v) is 5.84. The average Bonchev–Trinajstić information content (AvgIpc) is 3.14. The molecule has 1 aliphatic rings. The molecule has 0 saturated carbocycles. The molecule has 0 fully saturated rings. The van der Waals surface area contributed by atoms with E-state index in [9.17, 15) is 4.79 Å². The van der Waals surface area contributed by atoms with Crippen LogP contribution in [0.5, 0.6) is 0 Å². The van der Waals surface area contributed by atoms with Gasteiger partial charge in [0.1, 0.15) is 0 Å². The second-order valence-electron chi connectivity index (χ2n) is 6.12. The fourth-order valence-corrected chi connectivity index (χ4v) is 4.12. The Hall–Kier alpha value is -1.14. The quantitative estimate of drug-likeness (QED) is 0.518. The molecule has 0 aromatic carbocycles. The molecule has 3 N–H and O–H groups in total. The third-order valence-electron chi connectivity index (χ3n) is 4.35. The molecule has 4 nitrogen and oxygen atoms in total. The zero-order valence-corrected chi connectivity index (χ0v) is 15.7. The molecule has 6 heteroatoms. The van der Waals surface area contributed by atoms with E-state index in [1.807, 2.05) is 6.07 Å². The molecule has 1 atom stereocenters. The van der Waals surface area contributed by atoms with Gasteiger partial charge in [-0.25, -0.2) is 0 Å². The number of hydrazine groups is 1. The fraction of sp³-hybridized carbons (Fsp3) is 0.647. The molecule has 1 amide bonds. The van der Waals surface area contributed by atoms with Gasteiger partial charge in [-0.15, -0.1) is 11.3 Å². The van der Waals surface area contributed by atoms with Crippen LogP contribution in [0.15, 0.2) is 6.07 Å². The molecule has 1 heterocycles. The van der Waals surface area contributed by atoms with Crippen LogP contribution in [0, 0.1) is 5.92 Å². The summed E-state index contributed by atoms with van der Waals surface area (Å²) in [4.78, 5) is 14.3. The highest BCUT2D eigenvalue weighted by molar-refractivity contribution is 7.80. The summed E-state index contributed by atoms with van der Waals surface area (Å²) in [6, 6.07) is 2.01. The molecule has 23 heavy (non-hydrogen) atoms. The predicted molar refractivity (Wildman–Crippen MR) is 101 cm³/mol. The minimum atomic E-state index is -0.105. The number of fused-ring (bicyclic) bond motifs is 1. The van der Waals surface area contributed by atoms with Gasteiger partial charge in [-0.05, 0) is 55.4 Å². The van der Waals surface area contributed by atoms with Crippen LogP contribution >= 0.6 is 23.6 Å². The summed E-state index contributed by atoms with van der Waals surface area (Å²) >= 11 is 6.83. The normalized spacial score (nSPS) is 14.2. The van der Waals surface area contributed by atoms with Crippen LogP contribution in [0.1, 0.15) is 66.1 Å². The summed E-state index contributed by atoms with van der Waals surface area (Å²) in [7, 11) is 0. The van der Waals surface area contributed by atoms with E-state index in [0.29, 0.717) is 11.0 Å². The van der Waals surface area contributed by atoms with Gasteiger partial charge in [0.15, 0.2) is 5.11 Å². The topological polar surface area (TPSA) is 53.2 Å². The highest BCUT2D eigenvalue weighted by atomic mass is 32.1. The monoisotopic (exact) mass is 353 g/mol. The van der Waals surface area contributed by atoms with E-state index >= 15 is 0 Å². The summed E-state index contributed by atoms with van der Waals surface area (Å²) in [6.07, 6.45) is 8.25. The molecule has 0 aliphatic heterocycles. The Morgan fingerprint density at radius 1 is 1.35 bits per heavy atom. The molecule has 128 valence electrons. The van der Waals surface area contributed by atoms with Gasteiger partial charge in [-0.1, -0.05) is 33.1 Å². The first-order chi connectivity index (χ1) is 11.1. The summed E-state index contributed by atoms with van der Waals surface area (Å²) in [5.74, 6) is 0.525. The van der Waals surface area contributed by atoms with Gasteiger partial charge in [0.05, 0.1) is 4.88 Å². The van der Waals surface area contributed by atoms with Crippen LogP contribution in [0.25, 0.3) is 0 Å². The number of rotatable bonds is 7. The van der Waals surface area contributed by atoms with E-state index in [-0.39, 0.29) is 5.91 Å². The van der Waals surface area contributed by atoms with Crippen molar-refractivity contribution in [3.8, 4) is 0 Å². The zero-order valence-electron chi connectivity index (χ0n) is 14.0. The van der Waals surface area contributed by atoms with Crippen LogP contribution in [-0.2, 0) is 12.8 Å². The minimum Gasteiger partial charge on any atom is -0.361 e. The summed E-state index contributed by atoms with van der Waals surface area (Å²) in [6.45, 7) is 5.27. The molecule has 0 unspecified atom stereocenters. The Morgan fingerprint density at radius 2 is 2.17 bits per heavy atom. The molecule has 0 spiro atoms. The van der Waals surface area contributed by atoms with E-state index in [1.54, 1.807) is 11.3 Å². The number of thiophene rings is 1. The highest BCUT2D eigenvalue weighted by Crippen LogP contribution is 2.30. The average molecular weight is 354 g/mol. The third kappa shape index (κ3) is 5.46. The smallest absolute Gasteiger partial charge is 0.279 e. The van der Waals surface area contributed by atoms with E-state index in [0.717, 1.165) is 30.7 Å². The maximum absolute atomic E-state index is 12.1. The lowest BCUT2D eigenvalue weighted by atomic mass is 9.99. The highest BCUT2D eigenvalue weighted by Gasteiger charge is 2.18. The molecule has 1 aromatic heterocycles. The van der Waals surface area contributed by atoms with Gasteiger partial charge < -0.3 is 5.32 Å². The molecular formula is C17H27N3OS2. The van der Waals surface area contributed by atoms with E-state index < -0.39 is 0 Å². The second-order valence-corrected chi connectivity index (χ2v) is 7.66. The van der Waals surface area contributed by atoms with Crippen molar-refractivity contribution in [2.45, 2.75) is 58.8 Å². The Balaban J connectivity index is 1.70. The number of carbonyl (C=O) groups is 1. The van der Waals surface area contributed by atoms with Crippen LogP contribution in [0.2, 0.25) is 0 Å². The number of thiocarbonyl (C=S) groups is 1. The fourth-order valence-electron chi connectivity index (χ4n) is 2.84. The van der Waals surface area contributed by atoms with Gasteiger partial charge in [0.2, 0.25) is 0 Å². The second kappa shape index (κ2) is 9.23. The lowest BCUT2D eigenvalue weighted by molar-refractivity contribution is 0.0947. The van der Waals surface area contributed by atoms with Crippen molar-refractivity contribution in [1.82, 2.24) is 16.2 Å². The zero-order chi connectivity index (χ0) is 16.7. The van der Waals surface area contributed by atoms with Crippen molar-refractivity contribution < 1.29 is 4.79 Å². The number of aryl methyl sites for hydroxylation is 2. The van der Waals surface area contributed by atoms with E-state index in [1.165, 1.54) is 36.1 Å². The SMILES string of the molecule is CCCC[C@H](CC)CNC(=S)NNC(=O)c1cc2c(s1)CCC2. The minimum absolute atomic E-state index is 0.105. The first-order valence-corrected chi connectivity index (χ1v) is 9.82.